The topological polar surface area (TPSA) is 100 Å². The largest absolute Gasteiger partial charge is 0.452 e. The maximum Gasteiger partial charge on any atom is 0.338 e. The average Bonchev–Trinajstić information content (AvgIpc) is 3.22. The fourth-order valence-corrected chi connectivity index (χ4v) is 3.23. The van der Waals surface area contributed by atoms with Gasteiger partial charge in [-0.15, -0.1) is 10.2 Å². The summed E-state index contributed by atoms with van der Waals surface area (Å²) in [5.41, 5.74) is 3.68. The van der Waals surface area contributed by atoms with Gasteiger partial charge >= 0.3 is 5.97 Å². The van der Waals surface area contributed by atoms with Gasteiger partial charge in [-0.3, -0.25) is 4.79 Å². The van der Waals surface area contributed by atoms with Crippen molar-refractivity contribution in [3.63, 3.8) is 0 Å². The van der Waals surface area contributed by atoms with Crippen molar-refractivity contribution >= 4 is 17.0 Å². The lowest BCUT2D eigenvalue weighted by Crippen LogP contribution is -2.23. The van der Waals surface area contributed by atoms with Crippen molar-refractivity contribution in [2.75, 3.05) is 0 Å². The highest BCUT2D eigenvalue weighted by Gasteiger charge is 2.15. The Balaban J connectivity index is 1.51. The van der Waals surface area contributed by atoms with Gasteiger partial charge in [0.15, 0.2) is 6.61 Å². The Kier molecular flexibility index (Phi) is 5.14. The predicted octanol–water partition coefficient (Wildman–Crippen LogP) is 3.44. The van der Waals surface area contributed by atoms with E-state index in [1.54, 1.807) is 29.7 Å². The number of carbonyl (C=O) groups excluding carboxylic acids is 1. The molecule has 2 aromatic heterocycles. The van der Waals surface area contributed by atoms with E-state index in [9.17, 15) is 9.59 Å². The molecule has 2 aromatic carbocycles. The van der Waals surface area contributed by atoms with Crippen molar-refractivity contribution in [1.82, 2.24) is 19.7 Å². The Morgan fingerprint density at radius 3 is 2.73 bits per heavy atom. The van der Waals surface area contributed by atoms with E-state index in [0.717, 1.165) is 11.1 Å². The van der Waals surface area contributed by atoms with E-state index in [2.05, 4.69) is 15.2 Å². The van der Waals surface area contributed by atoms with E-state index in [4.69, 9.17) is 9.15 Å². The van der Waals surface area contributed by atoms with Crippen molar-refractivity contribution in [1.29, 1.82) is 0 Å². The molecule has 2 heterocycles. The molecule has 0 saturated carbocycles. The number of esters is 1. The van der Waals surface area contributed by atoms with Crippen LogP contribution in [0.2, 0.25) is 0 Å². The van der Waals surface area contributed by atoms with Gasteiger partial charge in [-0.05, 0) is 51.1 Å². The summed E-state index contributed by atoms with van der Waals surface area (Å²) in [6, 6.07) is 12.6. The lowest BCUT2D eigenvalue weighted by Gasteiger charge is -2.09. The highest BCUT2D eigenvalue weighted by Crippen LogP contribution is 2.20. The van der Waals surface area contributed by atoms with Gasteiger partial charge in [-0.1, -0.05) is 17.7 Å². The Bertz CT molecular complexity index is 1310. The summed E-state index contributed by atoms with van der Waals surface area (Å²) in [6.45, 7) is 5.89. The van der Waals surface area contributed by atoms with Crippen molar-refractivity contribution in [3.05, 3.63) is 75.5 Å². The highest BCUT2D eigenvalue weighted by atomic mass is 16.5. The van der Waals surface area contributed by atoms with Crippen LogP contribution in [-0.4, -0.2) is 25.7 Å². The van der Waals surface area contributed by atoms with Crippen LogP contribution in [0.1, 0.15) is 34.4 Å². The maximum atomic E-state index is 12.5. The second-order valence-corrected chi connectivity index (χ2v) is 6.90. The minimum absolute atomic E-state index is 0.138. The third-order valence-corrected chi connectivity index (χ3v) is 4.72. The quantitative estimate of drug-likeness (QED) is 0.470. The van der Waals surface area contributed by atoms with Gasteiger partial charge in [0.25, 0.3) is 11.4 Å². The first kappa shape index (κ1) is 19.5. The first-order valence-electron chi connectivity index (χ1n) is 9.54. The molecule has 0 bridgehead atoms. The smallest absolute Gasteiger partial charge is 0.338 e. The molecule has 0 unspecified atom stereocenters. The third-order valence-electron chi connectivity index (χ3n) is 4.72. The zero-order chi connectivity index (χ0) is 21.3. The van der Waals surface area contributed by atoms with Gasteiger partial charge in [-0.25, -0.2) is 9.78 Å². The lowest BCUT2D eigenvalue weighted by molar-refractivity contribution is 0.0439. The summed E-state index contributed by atoms with van der Waals surface area (Å²) < 4.78 is 12.5. The SMILES string of the molecule is CCn1c(=O)c(C)nc2cc(C(=O)OCc3nnc(-c4cccc(C)c4)o3)ccc21. The van der Waals surface area contributed by atoms with Gasteiger partial charge in [0.2, 0.25) is 5.89 Å². The van der Waals surface area contributed by atoms with Gasteiger partial charge < -0.3 is 13.7 Å². The number of aromatic nitrogens is 4. The van der Waals surface area contributed by atoms with E-state index in [0.29, 0.717) is 34.7 Å². The normalized spacial score (nSPS) is 11.0. The molecule has 0 saturated heterocycles. The van der Waals surface area contributed by atoms with Crippen molar-refractivity contribution in [2.45, 2.75) is 33.9 Å². The summed E-state index contributed by atoms with van der Waals surface area (Å²) in [7, 11) is 0. The highest BCUT2D eigenvalue weighted by molar-refractivity contribution is 5.93. The standard InChI is InChI=1S/C22H20N4O4/c1-4-26-18-9-8-16(11-17(18)23-14(3)21(26)27)22(28)29-12-19-24-25-20(30-19)15-7-5-6-13(2)10-15/h5-11H,4,12H2,1-3H3. The summed E-state index contributed by atoms with van der Waals surface area (Å²) in [5, 5.41) is 7.94. The first-order valence-corrected chi connectivity index (χ1v) is 9.54. The molecule has 0 aliphatic heterocycles. The number of carbonyl (C=O) groups is 1. The van der Waals surface area contributed by atoms with Crippen LogP contribution in [0, 0.1) is 13.8 Å². The third kappa shape index (κ3) is 3.71. The van der Waals surface area contributed by atoms with Crippen molar-refractivity contribution < 1.29 is 13.9 Å². The summed E-state index contributed by atoms with van der Waals surface area (Å²) in [6.07, 6.45) is 0. The number of rotatable bonds is 5. The molecular weight excluding hydrogens is 384 g/mol. The second-order valence-electron chi connectivity index (χ2n) is 6.90. The van der Waals surface area contributed by atoms with Crippen LogP contribution in [-0.2, 0) is 17.9 Å². The van der Waals surface area contributed by atoms with Crippen LogP contribution < -0.4 is 5.56 Å². The molecule has 0 aliphatic carbocycles. The van der Waals surface area contributed by atoms with Crippen LogP contribution in [0.5, 0.6) is 0 Å². The zero-order valence-electron chi connectivity index (χ0n) is 16.9. The molecule has 0 N–H and O–H groups in total. The number of ether oxygens (including phenoxy) is 1. The molecule has 0 fully saturated rings. The molecule has 8 nitrogen and oxygen atoms in total. The van der Waals surface area contributed by atoms with E-state index >= 15 is 0 Å². The van der Waals surface area contributed by atoms with Crippen LogP contribution >= 0.6 is 0 Å². The molecule has 0 aliphatic rings. The number of fused-ring (bicyclic) bond motifs is 1. The molecule has 0 radical (unpaired) electrons. The maximum absolute atomic E-state index is 12.5. The summed E-state index contributed by atoms with van der Waals surface area (Å²) >= 11 is 0. The lowest BCUT2D eigenvalue weighted by atomic mass is 10.1. The van der Waals surface area contributed by atoms with Crippen molar-refractivity contribution in [2.24, 2.45) is 0 Å². The molecule has 30 heavy (non-hydrogen) atoms. The van der Waals surface area contributed by atoms with E-state index in [1.165, 1.54) is 0 Å². The number of hydrogen-bond donors (Lipinski definition) is 0. The van der Waals surface area contributed by atoms with E-state index in [-0.39, 0.29) is 18.1 Å². The van der Waals surface area contributed by atoms with Gasteiger partial charge in [0.1, 0.15) is 5.69 Å². The van der Waals surface area contributed by atoms with Crippen LogP contribution in [0.3, 0.4) is 0 Å². The fraction of sp³-hybridized carbons (Fsp3) is 0.227. The number of benzene rings is 2. The van der Waals surface area contributed by atoms with Gasteiger partial charge in [0.05, 0.1) is 16.6 Å². The summed E-state index contributed by atoms with van der Waals surface area (Å²) in [5.74, 6) is 0.0306. The molecule has 0 amide bonds. The zero-order valence-corrected chi connectivity index (χ0v) is 16.9. The first-order chi connectivity index (χ1) is 14.5. The molecule has 0 spiro atoms. The van der Waals surface area contributed by atoms with Crippen molar-refractivity contribution in [3.8, 4) is 11.5 Å². The predicted molar refractivity (Wildman–Crippen MR) is 110 cm³/mol. The average molecular weight is 404 g/mol. The van der Waals surface area contributed by atoms with Gasteiger partial charge in [-0.2, -0.15) is 0 Å². The minimum atomic E-state index is -0.541. The number of nitrogens with zero attached hydrogens (tertiary/aromatic N) is 4. The molecule has 0 atom stereocenters. The molecule has 4 aromatic rings. The summed E-state index contributed by atoms with van der Waals surface area (Å²) in [4.78, 5) is 29.0. The Morgan fingerprint density at radius 2 is 1.97 bits per heavy atom. The van der Waals surface area contributed by atoms with Crippen LogP contribution in [0.4, 0.5) is 0 Å². The van der Waals surface area contributed by atoms with E-state index in [1.807, 2.05) is 38.1 Å². The monoisotopic (exact) mass is 404 g/mol. The molecular formula is C22H20N4O4. The molecule has 4 rings (SSSR count). The molecule has 152 valence electrons. The second kappa shape index (κ2) is 7.90. The van der Waals surface area contributed by atoms with Crippen LogP contribution in [0.25, 0.3) is 22.5 Å². The molecule has 8 heteroatoms. The fourth-order valence-electron chi connectivity index (χ4n) is 3.23. The number of aryl methyl sites for hydroxylation is 3. The van der Waals surface area contributed by atoms with Crippen LogP contribution in [0.15, 0.2) is 51.7 Å². The Morgan fingerprint density at radius 1 is 1.13 bits per heavy atom. The minimum Gasteiger partial charge on any atom is -0.452 e. The van der Waals surface area contributed by atoms with Gasteiger partial charge in [0, 0.05) is 12.1 Å². The van der Waals surface area contributed by atoms with E-state index < -0.39 is 5.97 Å². The Hall–Kier alpha value is -3.81. The Labute approximate surface area is 172 Å². The number of hydrogen-bond acceptors (Lipinski definition) is 7.